The minimum atomic E-state index is -0.0219. The van der Waals surface area contributed by atoms with Crippen LogP contribution in [0.5, 0.6) is 0 Å². The van der Waals surface area contributed by atoms with Crippen molar-refractivity contribution in [2.24, 2.45) is 0 Å². The third-order valence-corrected chi connectivity index (χ3v) is 3.38. The van der Waals surface area contributed by atoms with E-state index in [9.17, 15) is 0 Å². The van der Waals surface area contributed by atoms with Gasteiger partial charge in [-0.25, -0.2) is 4.98 Å². The lowest BCUT2D eigenvalue weighted by Gasteiger charge is -2.05. The quantitative estimate of drug-likeness (QED) is 0.651. The fourth-order valence-electron chi connectivity index (χ4n) is 0.967. The summed E-state index contributed by atoms with van der Waals surface area (Å²) in [5.41, 5.74) is -0.0219. The van der Waals surface area contributed by atoms with E-state index in [-0.39, 0.29) is 5.60 Å². The molecule has 66 valence electrons. The van der Waals surface area contributed by atoms with Crippen LogP contribution < -0.4 is 4.90 Å². The van der Waals surface area contributed by atoms with Crippen LogP contribution in [0.1, 0.15) is 11.8 Å². The predicted octanol–water partition coefficient (Wildman–Crippen LogP) is 1.45. The summed E-state index contributed by atoms with van der Waals surface area (Å²) in [6.45, 7) is 2.93. The van der Waals surface area contributed by atoms with Crippen molar-refractivity contribution in [2.45, 2.75) is 12.5 Å². The molecule has 1 unspecified atom stereocenters. The summed E-state index contributed by atoms with van der Waals surface area (Å²) >= 11 is 1.70. The smallest absolute Gasteiger partial charge is 0.185 e. The number of rotatable bonds is 2. The molecule has 0 N–H and O–H groups in total. The van der Waals surface area contributed by atoms with E-state index in [1.165, 1.54) is 4.88 Å². The molecule has 2 heterocycles. The van der Waals surface area contributed by atoms with Crippen molar-refractivity contribution < 1.29 is 4.74 Å². The number of anilines is 1. The van der Waals surface area contributed by atoms with Crippen LogP contribution in [0, 0.1) is 0 Å². The Hall–Kier alpha value is -0.610. The minimum absolute atomic E-state index is 0.0219. The molecule has 1 saturated heterocycles. The highest BCUT2D eigenvalue weighted by Crippen LogP contribution is 2.42. The Kier molecular flexibility index (Phi) is 1.63. The van der Waals surface area contributed by atoms with Gasteiger partial charge in [0.05, 0.1) is 11.5 Å². The molecule has 1 aliphatic heterocycles. The molecule has 2 rings (SSSR count). The van der Waals surface area contributed by atoms with Crippen molar-refractivity contribution in [3.63, 3.8) is 0 Å². The summed E-state index contributed by atoms with van der Waals surface area (Å²) in [6.07, 6.45) is 1.91. The number of hydrogen-bond acceptors (Lipinski definition) is 4. The van der Waals surface area contributed by atoms with Gasteiger partial charge in [0.1, 0.15) is 5.60 Å². The maximum Gasteiger partial charge on any atom is 0.185 e. The van der Waals surface area contributed by atoms with Crippen molar-refractivity contribution in [2.75, 3.05) is 25.6 Å². The van der Waals surface area contributed by atoms with E-state index in [1.54, 1.807) is 11.3 Å². The first-order chi connectivity index (χ1) is 5.62. The van der Waals surface area contributed by atoms with Gasteiger partial charge in [-0.3, -0.25) is 0 Å². The van der Waals surface area contributed by atoms with Crippen LogP contribution >= 0.6 is 11.3 Å². The number of ether oxygens (including phenoxy) is 1. The second-order valence-corrected chi connectivity index (χ2v) is 4.43. The average molecular weight is 184 g/mol. The van der Waals surface area contributed by atoms with Gasteiger partial charge in [0.15, 0.2) is 5.13 Å². The normalized spacial score (nSPS) is 27.2. The van der Waals surface area contributed by atoms with Crippen LogP contribution in [0.4, 0.5) is 5.13 Å². The molecule has 1 fully saturated rings. The Balaban J connectivity index is 2.25. The van der Waals surface area contributed by atoms with Gasteiger partial charge in [0.2, 0.25) is 0 Å². The van der Waals surface area contributed by atoms with E-state index in [4.69, 9.17) is 4.74 Å². The van der Waals surface area contributed by atoms with Gasteiger partial charge >= 0.3 is 0 Å². The molecule has 0 aliphatic carbocycles. The zero-order valence-corrected chi connectivity index (χ0v) is 8.31. The molecule has 0 bridgehead atoms. The minimum Gasteiger partial charge on any atom is -0.364 e. The molecular weight excluding hydrogens is 172 g/mol. The van der Waals surface area contributed by atoms with Gasteiger partial charge in [-0.05, 0) is 6.92 Å². The second-order valence-electron chi connectivity index (χ2n) is 3.42. The Bertz CT molecular complexity index is 291. The van der Waals surface area contributed by atoms with Gasteiger partial charge in [0, 0.05) is 20.3 Å². The summed E-state index contributed by atoms with van der Waals surface area (Å²) in [6, 6.07) is 0. The average Bonchev–Trinajstić information content (AvgIpc) is 2.61. The molecule has 1 aromatic rings. The van der Waals surface area contributed by atoms with Crippen LogP contribution in [0.2, 0.25) is 0 Å². The maximum atomic E-state index is 5.33. The van der Waals surface area contributed by atoms with Crippen LogP contribution in [0.15, 0.2) is 6.20 Å². The summed E-state index contributed by atoms with van der Waals surface area (Å²) < 4.78 is 5.33. The van der Waals surface area contributed by atoms with Gasteiger partial charge in [-0.15, -0.1) is 0 Å². The summed E-state index contributed by atoms with van der Waals surface area (Å²) in [5, 5.41) is 1.04. The largest absolute Gasteiger partial charge is 0.364 e. The lowest BCUT2D eigenvalue weighted by molar-refractivity contribution is 0.333. The molecule has 1 aromatic heterocycles. The second kappa shape index (κ2) is 2.44. The van der Waals surface area contributed by atoms with Gasteiger partial charge < -0.3 is 9.64 Å². The third kappa shape index (κ3) is 1.21. The molecule has 0 radical (unpaired) electrons. The van der Waals surface area contributed by atoms with Crippen molar-refractivity contribution in [1.82, 2.24) is 4.98 Å². The fourth-order valence-corrected chi connectivity index (χ4v) is 1.89. The first-order valence-electron chi connectivity index (χ1n) is 3.89. The molecular formula is C8H12N2OS. The van der Waals surface area contributed by atoms with Crippen LogP contribution in [0.3, 0.4) is 0 Å². The monoisotopic (exact) mass is 184 g/mol. The first kappa shape index (κ1) is 8.01. The number of nitrogens with zero attached hydrogens (tertiary/aromatic N) is 2. The highest BCUT2D eigenvalue weighted by Gasteiger charge is 2.43. The Morgan fingerprint density at radius 1 is 1.67 bits per heavy atom. The highest BCUT2D eigenvalue weighted by molar-refractivity contribution is 7.15. The van der Waals surface area contributed by atoms with Crippen molar-refractivity contribution in [3.05, 3.63) is 11.1 Å². The molecule has 12 heavy (non-hydrogen) atoms. The zero-order chi connectivity index (χ0) is 8.77. The SMILES string of the molecule is CN(C)c1ncc(C2(C)CO2)s1. The fraction of sp³-hybridized carbons (Fsp3) is 0.625. The Labute approximate surface area is 76.0 Å². The van der Waals surface area contributed by atoms with E-state index in [2.05, 4.69) is 11.9 Å². The molecule has 0 saturated carbocycles. The van der Waals surface area contributed by atoms with E-state index in [0.29, 0.717) is 0 Å². The maximum absolute atomic E-state index is 5.33. The number of aromatic nitrogens is 1. The standard InChI is InChI=1S/C8H12N2OS/c1-8(5-11-8)6-4-9-7(12-6)10(2)3/h4H,5H2,1-3H3. The molecule has 0 aromatic carbocycles. The number of epoxide rings is 1. The lowest BCUT2D eigenvalue weighted by Crippen LogP contribution is -2.07. The van der Waals surface area contributed by atoms with Crippen molar-refractivity contribution >= 4 is 16.5 Å². The van der Waals surface area contributed by atoms with Crippen LogP contribution in [-0.2, 0) is 10.3 Å². The number of thiazole rings is 1. The van der Waals surface area contributed by atoms with Gasteiger partial charge in [0.25, 0.3) is 0 Å². The van der Waals surface area contributed by atoms with E-state index in [0.717, 1.165) is 11.7 Å². The summed E-state index contributed by atoms with van der Waals surface area (Å²) in [4.78, 5) is 7.53. The molecule has 0 amide bonds. The van der Waals surface area contributed by atoms with Gasteiger partial charge in [-0.1, -0.05) is 11.3 Å². The van der Waals surface area contributed by atoms with E-state index < -0.39 is 0 Å². The molecule has 1 aliphatic rings. The Morgan fingerprint density at radius 3 is 2.75 bits per heavy atom. The Morgan fingerprint density at radius 2 is 2.33 bits per heavy atom. The number of hydrogen-bond donors (Lipinski definition) is 0. The van der Waals surface area contributed by atoms with Crippen molar-refractivity contribution in [3.8, 4) is 0 Å². The summed E-state index contributed by atoms with van der Waals surface area (Å²) in [5.74, 6) is 0. The molecule has 1 atom stereocenters. The first-order valence-corrected chi connectivity index (χ1v) is 4.71. The van der Waals surface area contributed by atoms with Crippen LogP contribution in [-0.4, -0.2) is 25.7 Å². The molecule has 0 spiro atoms. The zero-order valence-electron chi connectivity index (χ0n) is 7.50. The molecule has 3 nitrogen and oxygen atoms in total. The topological polar surface area (TPSA) is 28.7 Å². The lowest BCUT2D eigenvalue weighted by atomic mass is 10.2. The van der Waals surface area contributed by atoms with Crippen molar-refractivity contribution in [1.29, 1.82) is 0 Å². The van der Waals surface area contributed by atoms with Gasteiger partial charge in [-0.2, -0.15) is 0 Å². The third-order valence-electron chi connectivity index (χ3n) is 1.97. The van der Waals surface area contributed by atoms with E-state index >= 15 is 0 Å². The predicted molar refractivity (Wildman–Crippen MR) is 49.7 cm³/mol. The highest BCUT2D eigenvalue weighted by atomic mass is 32.1. The molecule has 4 heteroatoms. The van der Waals surface area contributed by atoms with E-state index in [1.807, 2.05) is 25.2 Å². The van der Waals surface area contributed by atoms with Crippen LogP contribution in [0.25, 0.3) is 0 Å². The summed E-state index contributed by atoms with van der Waals surface area (Å²) in [7, 11) is 4.00.